The van der Waals surface area contributed by atoms with Crippen molar-refractivity contribution >= 4 is 47.1 Å². The Balaban J connectivity index is 0.00000342. The molecule has 1 aromatic heterocycles. The van der Waals surface area contributed by atoms with Gasteiger partial charge in [-0.05, 0) is 43.0 Å². The lowest BCUT2D eigenvalue weighted by molar-refractivity contribution is -0.137. The van der Waals surface area contributed by atoms with Gasteiger partial charge in [-0.1, -0.05) is 30.0 Å². The smallest absolute Gasteiger partial charge is 0.305 e. The SMILES string of the molecule is CC(=O)SC1CCN(C(C(=O)C2CC2)c2ccccc2F)C/C1=C\c1ccn(CCC(=O)O)n1.Cl. The lowest BCUT2D eigenvalue weighted by Gasteiger charge is -2.38. The maximum absolute atomic E-state index is 14.8. The van der Waals surface area contributed by atoms with E-state index >= 15 is 0 Å². The van der Waals surface area contributed by atoms with Gasteiger partial charge in [-0.3, -0.25) is 24.0 Å². The van der Waals surface area contributed by atoms with E-state index in [1.807, 2.05) is 11.0 Å². The molecule has 0 amide bonds. The van der Waals surface area contributed by atoms with Crippen LogP contribution in [0.2, 0.25) is 0 Å². The molecule has 35 heavy (non-hydrogen) atoms. The molecule has 2 unspecified atom stereocenters. The molecule has 1 aliphatic heterocycles. The topological polar surface area (TPSA) is 92.5 Å². The zero-order valence-corrected chi connectivity index (χ0v) is 21.1. The Labute approximate surface area is 214 Å². The third kappa shape index (κ3) is 7.02. The van der Waals surface area contributed by atoms with Gasteiger partial charge in [0.05, 0.1) is 24.7 Å². The Hall–Kier alpha value is -2.49. The molecule has 0 radical (unpaired) electrons. The number of ketones is 1. The van der Waals surface area contributed by atoms with Crippen molar-refractivity contribution in [3.8, 4) is 0 Å². The van der Waals surface area contributed by atoms with Gasteiger partial charge in [0.2, 0.25) is 0 Å². The van der Waals surface area contributed by atoms with Gasteiger partial charge in [-0.2, -0.15) is 5.10 Å². The van der Waals surface area contributed by atoms with Crippen LogP contribution in [0.3, 0.4) is 0 Å². The summed E-state index contributed by atoms with van der Waals surface area (Å²) in [4.78, 5) is 38.0. The summed E-state index contributed by atoms with van der Waals surface area (Å²) in [5.74, 6) is -1.24. The molecule has 1 aromatic carbocycles. The van der Waals surface area contributed by atoms with Crippen molar-refractivity contribution in [2.24, 2.45) is 5.92 Å². The van der Waals surface area contributed by atoms with Crippen LogP contribution in [0.15, 0.2) is 42.1 Å². The molecule has 0 bridgehead atoms. The molecule has 7 nitrogen and oxygen atoms in total. The maximum Gasteiger partial charge on any atom is 0.305 e. The van der Waals surface area contributed by atoms with E-state index < -0.39 is 12.0 Å². The number of Topliss-reactive ketones (excluding diaryl/α,β-unsaturated/α-hetero) is 1. The number of benzene rings is 1. The van der Waals surface area contributed by atoms with Crippen molar-refractivity contribution in [3.63, 3.8) is 0 Å². The summed E-state index contributed by atoms with van der Waals surface area (Å²) in [6.45, 7) is 2.80. The number of aryl methyl sites for hydroxylation is 1. The van der Waals surface area contributed by atoms with Crippen molar-refractivity contribution in [1.82, 2.24) is 14.7 Å². The van der Waals surface area contributed by atoms with Gasteiger partial charge in [-0.25, -0.2) is 4.39 Å². The monoisotopic (exact) mass is 521 g/mol. The Morgan fingerprint density at radius 3 is 2.63 bits per heavy atom. The van der Waals surface area contributed by atoms with Gasteiger partial charge < -0.3 is 5.11 Å². The van der Waals surface area contributed by atoms with Gasteiger partial charge in [0.15, 0.2) is 10.9 Å². The van der Waals surface area contributed by atoms with Crippen molar-refractivity contribution in [2.45, 2.75) is 50.4 Å². The number of carboxylic acid groups (broad SMARTS) is 1. The van der Waals surface area contributed by atoms with Crippen molar-refractivity contribution in [1.29, 1.82) is 0 Å². The van der Waals surface area contributed by atoms with Crippen molar-refractivity contribution < 1.29 is 23.9 Å². The second kappa shape index (κ2) is 12.0. The lowest BCUT2D eigenvalue weighted by Crippen LogP contribution is -2.43. The molecule has 1 saturated heterocycles. The van der Waals surface area contributed by atoms with Crippen LogP contribution in [0.1, 0.15) is 49.9 Å². The predicted octanol–water partition coefficient (Wildman–Crippen LogP) is 4.38. The van der Waals surface area contributed by atoms with Crippen LogP contribution < -0.4 is 0 Å². The van der Waals surface area contributed by atoms with Crippen LogP contribution in [0.5, 0.6) is 0 Å². The van der Waals surface area contributed by atoms with Gasteiger partial charge in [0.1, 0.15) is 5.82 Å². The van der Waals surface area contributed by atoms with Crippen LogP contribution in [-0.4, -0.2) is 55.0 Å². The number of aliphatic carboxylic acids is 1. The summed E-state index contributed by atoms with van der Waals surface area (Å²) in [5, 5.41) is 13.3. The minimum atomic E-state index is -0.893. The van der Waals surface area contributed by atoms with E-state index in [0.717, 1.165) is 18.4 Å². The minimum Gasteiger partial charge on any atom is -0.481 e. The highest BCUT2D eigenvalue weighted by atomic mass is 35.5. The van der Waals surface area contributed by atoms with Gasteiger partial charge in [0.25, 0.3) is 0 Å². The van der Waals surface area contributed by atoms with Gasteiger partial charge in [0, 0.05) is 42.9 Å². The van der Waals surface area contributed by atoms with Gasteiger partial charge >= 0.3 is 5.97 Å². The van der Waals surface area contributed by atoms with Crippen molar-refractivity contribution in [3.05, 3.63) is 59.2 Å². The fraction of sp³-hybridized carbons (Fsp3) is 0.440. The molecule has 1 N–H and O–H groups in total. The van der Waals surface area contributed by atoms with E-state index in [1.165, 1.54) is 24.8 Å². The highest BCUT2D eigenvalue weighted by Gasteiger charge is 2.41. The van der Waals surface area contributed by atoms with E-state index in [9.17, 15) is 18.8 Å². The number of rotatable bonds is 9. The van der Waals surface area contributed by atoms with E-state index in [1.54, 1.807) is 35.1 Å². The van der Waals surface area contributed by atoms with Crippen LogP contribution >= 0.6 is 24.2 Å². The largest absolute Gasteiger partial charge is 0.481 e. The highest BCUT2D eigenvalue weighted by Crippen LogP contribution is 2.40. The van der Waals surface area contributed by atoms with Gasteiger partial charge in [-0.15, -0.1) is 12.4 Å². The molecule has 0 spiro atoms. The number of likely N-dealkylation sites (tertiary alicyclic amines) is 1. The van der Waals surface area contributed by atoms with Crippen LogP contribution in [0, 0.1) is 11.7 Å². The first-order valence-corrected chi connectivity index (χ1v) is 12.3. The number of carboxylic acids is 1. The summed E-state index contributed by atoms with van der Waals surface area (Å²) in [5.41, 5.74) is 2.00. The fourth-order valence-electron chi connectivity index (χ4n) is 4.37. The molecule has 10 heteroatoms. The summed E-state index contributed by atoms with van der Waals surface area (Å²) in [6.07, 6.45) is 5.94. The first kappa shape index (κ1) is 27.1. The number of halogens is 2. The molecular formula is C25H29ClFN3O4S. The van der Waals surface area contributed by atoms with E-state index in [4.69, 9.17) is 5.11 Å². The first-order valence-electron chi connectivity index (χ1n) is 11.5. The number of aromatic nitrogens is 2. The van der Waals surface area contributed by atoms with E-state index in [0.29, 0.717) is 30.8 Å². The first-order chi connectivity index (χ1) is 16.3. The normalized spacial score (nSPS) is 20.3. The average molecular weight is 522 g/mol. The Kier molecular flexibility index (Phi) is 9.27. The number of thioether (sulfide) groups is 1. The van der Waals surface area contributed by atoms with Crippen LogP contribution in [0.25, 0.3) is 6.08 Å². The molecule has 2 heterocycles. The van der Waals surface area contributed by atoms with E-state index in [2.05, 4.69) is 5.10 Å². The second-order valence-corrected chi connectivity index (χ2v) is 10.2. The number of hydrogen-bond acceptors (Lipinski definition) is 6. The third-order valence-corrected chi connectivity index (χ3v) is 7.30. The number of piperidine rings is 1. The Bertz CT molecular complexity index is 1120. The zero-order valence-electron chi connectivity index (χ0n) is 19.4. The molecule has 2 aliphatic rings. The van der Waals surface area contributed by atoms with Crippen LogP contribution in [0.4, 0.5) is 4.39 Å². The number of carbonyl (C=O) groups excluding carboxylic acids is 2. The quantitative estimate of drug-likeness (QED) is 0.523. The molecule has 2 aromatic rings. The zero-order chi connectivity index (χ0) is 24.2. The molecule has 2 atom stereocenters. The van der Waals surface area contributed by atoms with E-state index in [-0.39, 0.29) is 53.3 Å². The Morgan fingerprint density at radius 2 is 1.97 bits per heavy atom. The molecule has 4 rings (SSSR count). The molecule has 1 aliphatic carbocycles. The number of nitrogens with zero attached hydrogens (tertiary/aromatic N) is 3. The summed E-state index contributed by atoms with van der Waals surface area (Å²) in [6, 6.07) is 7.59. The number of carbonyl (C=O) groups is 3. The standard InChI is InChI=1S/C25H28FN3O4S.ClH/c1-16(30)34-22-9-11-28(15-18(22)14-19-8-12-29(27-19)13-10-23(31)32)24(25(33)17-6-7-17)20-4-2-3-5-21(20)26;/h2-5,8,12,14,17,22,24H,6-7,9-11,13,15H2,1H3,(H,31,32);1H/b18-14+;. The maximum atomic E-state index is 14.8. The summed E-state index contributed by atoms with van der Waals surface area (Å²) < 4.78 is 16.3. The molecule has 1 saturated carbocycles. The molecular weight excluding hydrogens is 493 g/mol. The average Bonchev–Trinajstić information content (AvgIpc) is 3.55. The number of hydrogen-bond donors (Lipinski definition) is 1. The molecule has 188 valence electrons. The summed E-state index contributed by atoms with van der Waals surface area (Å²) >= 11 is 1.26. The summed E-state index contributed by atoms with van der Waals surface area (Å²) in [7, 11) is 0. The second-order valence-electron chi connectivity index (χ2n) is 8.82. The Morgan fingerprint density at radius 1 is 1.23 bits per heavy atom. The highest BCUT2D eigenvalue weighted by molar-refractivity contribution is 8.14. The van der Waals surface area contributed by atoms with Crippen molar-refractivity contribution in [2.75, 3.05) is 13.1 Å². The predicted molar refractivity (Wildman–Crippen MR) is 135 cm³/mol. The fourth-order valence-corrected chi connectivity index (χ4v) is 5.29. The van der Waals surface area contributed by atoms with Crippen LogP contribution in [-0.2, 0) is 20.9 Å². The minimum absolute atomic E-state index is 0. The lowest BCUT2D eigenvalue weighted by atomic mass is 9.93. The third-order valence-electron chi connectivity index (χ3n) is 6.15. The molecule has 2 fully saturated rings.